The number of piperidine rings is 3. The van der Waals surface area contributed by atoms with Crippen molar-refractivity contribution in [3.63, 3.8) is 0 Å². The number of nitrogens with zero attached hydrogens (tertiary/aromatic N) is 3. The third-order valence-corrected chi connectivity index (χ3v) is 10.6. The van der Waals surface area contributed by atoms with Crippen molar-refractivity contribution in [2.45, 2.75) is 175 Å². The van der Waals surface area contributed by atoms with Crippen LogP contribution in [0.2, 0.25) is 0 Å². The van der Waals surface area contributed by atoms with E-state index in [1.807, 2.05) is 18.2 Å². The van der Waals surface area contributed by atoms with Crippen LogP contribution in [0.4, 0.5) is 0 Å². The molecule has 3 aliphatic rings. The molecule has 4 rings (SSSR count). The second kappa shape index (κ2) is 13.5. The zero-order valence-electron chi connectivity index (χ0n) is 30.1. The number of rotatable bonds is 9. The summed E-state index contributed by atoms with van der Waals surface area (Å²) in [6.45, 7) is 25.2. The molecule has 1 aromatic rings. The van der Waals surface area contributed by atoms with Crippen LogP contribution in [0, 0.1) is 17.8 Å². The number of benzene rings is 1. The maximum atomic E-state index is 10.9. The maximum absolute atomic E-state index is 10.9. The van der Waals surface area contributed by atoms with Crippen LogP contribution in [-0.2, 0) is 0 Å². The molecule has 45 heavy (non-hydrogen) atoms. The molecule has 6 atom stereocenters. The molecular formula is C36H63N3O6. The van der Waals surface area contributed by atoms with E-state index in [-0.39, 0.29) is 54.2 Å². The lowest BCUT2D eigenvalue weighted by atomic mass is 9.82. The van der Waals surface area contributed by atoms with Crippen LogP contribution in [0.3, 0.4) is 0 Å². The van der Waals surface area contributed by atoms with Gasteiger partial charge in [-0.3, -0.25) is 0 Å². The van der Waals surface area contributed by atoms with Crippen molar-refractivity contribution in [2.75, 3.05) is 0 Å². The van der Waals surface area contributed by atoms with Gasteiger partial charge in [0.1, 0.15) is 35.6 Å². The molecule has 0 spiro atoms. The highest BCUT2D eigenvalue weighted by Gasteiger charge is 2.45. The fraction of sp³-hybridized carbons (Fsp3) is 0.833. The van der Waals surface area contributed by atoms with Crippen LogP contribution in [0.5, 0.6) is 17.2 Å². The summed E-state index contributed by atoms with van der Waals surface area (Å²) in [6.07, 6.45) is 3.98. The molecule has 6 unspecified atom stereocenters. The Hall–Kier alpha value is -1.62. The molecule has 3 N–H and O–H groups in total. The predicted molar refractivity (Wildman–Crippen MR) is 176 cm³/mol. The van der Waals surface area contributed by atoms with Crippen molar-refractivity contribution < 1.29 is 29.8 Å². The van der Waals surface area contributed by atoms with Crippen LogP contribution in [-0.4, -0.2) is 83.9 Å². The average Bonchev–Trinajstić information content (AvgIpc) is 2.89. The van der Waals surface area contributed by atoms with E-state index in [2.05, 4.69) is 83.1 Å². The Morgan fingerprint density at radius 2 is 0.733 bits per heavy atom. The van der Waals surface area contributed by atoms with Gasteiger partial charge in [-0.05, 0) is 59.3 Å². The van der Waals surface area contributed by atoms with Crippen LogP contribution in [0.1, 0.15) is 122 Å². The molecule has 0 bridgehead atoms. The second-order valence-electron chi connectivity index (χ2n) is 17.1. The van der Waals surface area contributed by atoms with E-state index in [1.165, 1.54) is 15.2 Å². The van der Waals surface area contributed by atoms with Gasteiger partial charge < -0.3 is 29.8 Å². The molecule has 0 radical (unpaired) electrons. The van der Waals surface area contributed by atoms with Gasteiger partial charge in [-0.2, -0.15) is 15.2 Å². The minimum absolute atomic E-state index is 0.00775. The number of hydrogen-bond acceptors (Lipinski definition) is 9. The van der Waals surface area contributed by atoms with E-state index in [0.29, 0.717) is 36.5 Å². The Kier molecular flexibility index (Phi) is 10.8. The van der Waals surface area contributed by atoms with Crippen LogP contribution >= 0.6 is 0 Å². The Balaban J connectivity index is 1.63. The Morgan fingerprint density at radius 1 is 0.511 bits per heavy atom. The van der Waals surface area contributed by atoms with Gasteiger partial charge >= 0.3 is 0 Å². The third-order valence-electron chi connectivity index (χ3n) is 10.6. The first-order valence-corrected chi connectivity index (χ1v) is 17.3. The number of hydroxylamine groups is 6. The summed E-state index contributed by atoms with van der Waals surface area (Å²) in [5.41, 5.74) is -1.26. The van der Waals surface area contributed by atoms with E-state index in [1.54, 1.807) is 0 Å². The standard InChI is InChI=1S/C36H63N3O6/c1-22(2)31-16-28(19-34(7,8)37(31)40)43-25-13-26(44-29-17-32(23(3)4)38(41)35(9,10)20-29)15-27(14-25)45-30-18-33(24(5)6)39(42)36(11,12)21-30/h13-15,22-24,28-33,40-42H,16-21H2,1-12H3. The smallest absolute Gasteiger partial charge is 0.127 e. The third kappa shape index (κ3) is 8.28. The van der Waals surface area contributed by atoms with E-state index in [9.17, 15) is 15.6 Å². The van der Waals surface area contributed by atoms with Gasteiger partial charge in [0.25, 0.3) is 0 Å². The number of hydrogen-bond donors (Lipinski definition) is 3. The highest BCUT2D eigenvalue weighted by molar-refractivity contribution is 5.42. The fourth-order valence-electron chi connectivity index (χ4n) is 7.92. The molecule has 0 aliphatic carbocycles. The predicted octanol–water partition coefficient (Wildman–Crippen LogP) is 7.79. The topological polar surface area (TPSA) is 98.1 Å². The Bertz CT molecular complexity index is 987. The van der Waals surface area contributed by atoms with Crippen molar-refractivity contribution in [3.8, 4) is 17.2 Å². The lowest BCUT2D eigenvalue weighted by Crippen LogP contribution is -2.57. The first kappa shape index (κ1) is 36.2. The fourth-order valence-corrected chi connectivity index (χ4v) is 7.92. The van der Waals surface area contributed by atoms with Crippen molar-refractivity contribution >= 4 is 0 Å². The summed E-state index contributed by atoms with van der Waals surface area (Å²) >= 11 is 0. The van der Waals surface area contributed by atoms with Crippen molar-refractivity contribution in [1.82, 2.24) is 15.2 Å². The van der Waals surface area contributed by atoms with E-state index in [4.69, 9.17) is 14.2 Å². The van der Waals surface area contributed by atoms with Gasteiger partial charge in [-0.25, -0.2) is 0 Å². The van der Waals surface area contributed by atoms with E-state index in [0.717, 1.165) is 19.3 Å². The first-order chi connectivity index (χ1) is 20.7. The lowest BCUT2D eigenvalue weighted by molar-refractivity contribution is -0.234. The molecule has 0 saturated carbocycles. The zero-order valence-corrected chi connectivity index (χ0v) is 30.1. The van der Waals surface area contributed by atoms with Crippen LogP contribution in [0.25, 0.3) is 0 Å². The summed E-state index contributed by atoms with van der Waals surface area (Å²) in [5, 5.41) is 37.4. The average molecular weight is 634 g/mol. The second-order valence-corrected chi connectivity index (χ2v) is 17.1. The van der Waals surface area contributed by atoms with Crippen molar-refractivity contribution in [3.05, 3.63) is 18.2 Å². The summed E-state index contributed by atoms with van der Waals surface area (Å²) in [5.74, 6) is 2.90. The molecule has 3 fully saturated rings. The quantitative estimate of drug-likeness (QED) is 0.252. The van der Waals surface area contributed by atoms with Crippen molar-refractivity contribution in [1.29, 1.82) is 0 Å². The first-order valence-electron chi connectivity index (χ1n) is 17.3. The number of ether oxygens (including phenoxy) is 3. The minimum atomic E-state index is -0.420. The normalized spacial score (nSPS) is 32.7. The highest BCUT2D eigenvalue weighted by atomic mass is 16.5. The molecule has 3 saturated heterocycles. The van der Waals surface area contributed by atoms with Gasteiger partial charge in [-0.1, -0.05) is 41.5 Å². The lowest BCUT2D eigenvalue weighted by Gasteiger charge is -2.48. The molecule has 3 heterocycles. The summed E-state index contributed by atoms with van der Waals surface area (Å²) in [7, 11) is 0. The van der Waals surface area contributed by atoms with E-state index >= 15 is 0 Å². The molecular weight excluding hydrogens is 570 g/mol. The molecule has 0 aromatic heterocycles. The van der Waals surface area contributed by atoms with E-state index < -0.39 is 16.6 Å². The molecule has 0 amide bonds. The van der Waals surface area contributed by atoms with Crippen LogP contribution in [0.15, 0.2) is 18.2 Å². The largest absolute Gasteiger partial charge is 0.490 e. The van der Waals surface area contributed by atoms with Gasteiger partial charge in [0.15, 0.2) is 0 Å². The van der Waals surface area contributed by atoms with Crippen LogP contribution < -0.4 is 14.2 Å². The summed E-state index contributed by atoms with van der Waals surface area (Å²) in [4.78, 5) is 0. The van der Waals surface area contributed by atoms with Crippen molar-refractivity contribution in [2.24, 2.45) is 17.8 Å². The molecule has 9 heteroatoms. The molecule has 258 valence electrons. The Labute approximate surface area is 272 Å². The summed E-state index contributed by atoms with van der Waals surface area (Å²) < 4.78 is 20.2. The van der Waals surface area contributed by atoms with Gasteiger partial charge in [0.05, 0.1) is 0 Å². The monoisotopic (exact) mass is 633 g/mol. The van der Waals surface area contributed by atoms with Gasteiger partial charge in [0.2, 0.25) is 0 Å². The SMILES string of the molecule is CC(C)C1CC(Oc2cc(OC3CC(C(C)C)N(O)C(C)(C)C3)cc(OC3CC(C(C)C)N(O)C(C)(C)C3)c2)CC(C)(C)N1O. The summed E-state index contributed by atoms with van der Waals surface area (Å²) in [6, 6.07) is 5.88. The zero-order chi connectivity index (χ0) is 33.6. The maximum Gasteiger partial charge on any atom is 0.127 e. The van der Waals surface area contributed by atoms with Gasteiger partial charge in [0, 0.05) is 91.5 Å². The minimum Gasteiger partial charge on any atom is -0.490 e. The molecule has 3 aliphatic heterocycles. The highest BCUT2D eigenvalue weighted by Crippen LogP contribution is 2.41. The Morgan fingerprint density at radius 3 is 0.933 bits per heavy atom. The molecule has 1 aromatic carbocycles. The van der Waals surface area contributed by atoms with Gasteiger partial charge in [-0.15, -0.1) is 0 Å². The molecule has 9 nitrogen and oxygen atoms in total.